The standard InChI is InChI=1S/C9H7N3/c10-5-9-11-6-7-3-1-2-4-8(7)12-9/h1-4H,6H2,(H,11,12). The number of anilines is 1. The van der Waals surface area contributed by atoms with Crippen LogP contribution in [0, 0.1) is 11.3 Å². The molecule has 1 aliphatic heterocycles. The second-order valence-electron chi connectivity index (χ2n) is 2.56. The maximum atomic E-state index is 8.57. The van der Waals surface area contributed by atoms with E-state index in [1.807, 2.05) is 30.3 Å². The summed E-state index contributed by atoms with van der Waals surface area (Å²) in [6.45, 7) is 0.603. The molecular formula is C9H7N3. The predicted octanol–water partition coefficient (Wildman–Crippen LogP) is 1.53. The highest BCUT2D eigenvalue weighted by Gasteiger charge is 2.08. The third-order valence-electron chi connectivity index (χ3n) is 1.78. The van der Waals surface area contributed by atoms with Crippen LogP contribution in [0.2, 0.25) is 0 Å². The van der Waals surface area contributed by atoms with Gasteiger partial charge in [0.1, 0.15) is 6.07 Å². The Labute approximate surface area is 70.4 Å². The van der Waals surface area contributed by atoms with Gasteiger partial charge in [-0.2, -0.15) is 5.26 Å². The summed E-state index contributed by atoms with van der Waals surface area (Å²) in [5, 5.41) is 11.5. The first kappa shape index (κ1) is 6.86. The molecule has 3 heteroatoms. The molecule has 12 heavy (non-hydrogen) atoms. The molecule has 0 spiro atoms. The van der Waals surface area contributed by atoms with Crippen LogP contribution in [0.15, 0.2) is 29.3 Å². The Morgan fingerprint density at radius 3 is 3.08 bits per heavy atom. The lowest BCUT2D eigenvalue weighted by molar-refractivity contribution is 1.05. The van der Waals surface area contributed by atoms with Gasteiger partial charge in [0.2, 0.25) is 5.84 Å². The van der Waals surface area contributed by atoms with Gasteiger partial charge < -0.3 is 5.32 Å². The van der Waals surface area contributed by atoms with Crippen molar-refractivity contribution < 1.29 is 0 Å². The fraction of sp³-hybridized carbons (Fsp3) is 0.111. The van der Waals surface area contributed by atoms with E-state index in [2.05, 4.69) is 10.3 Å². The largest absolute Gasteiger partial charge is 0.331 e. The predicted molar refractivity (Wildman–Crippen MR) is 46.8 cm³/mol. The van der Waals surface area contributed by atoms with E-state index in [-0.39, 0.29) is 0 Å². The Kier molecular flexibility index (Phi) is 1.52. The van der Waals surface area contributed by atoms with Crippen LogP contribution in [0.1, 0.15) is 5.56 Å². The summed E-state index contributed by atoms with van der Waals surface area (Å²) in [5.74, 6) is 0.397. The van der Waals surface area contributed by atoms with Crippen LogP contribution in [-0.4, -0.2) is 5.84 Å². The highest BCUT2D eigenvalue weighted by atomic mass is 15.0. The molecule has 1 heterocycles. The molecule has 0 radical (unpaired) electrons. The zero-order chi connectivity index (χ0) is 8.39. The Hall–Kier alpha value is -1.82. The van der Waals surface area contributed by atoms with Crippen LogP contribution < -0.4 is 5.32 Å². The monoisotopic (exact) mass is 157 g/mol. The van der Waals surface area contributed by atoms with Crippen molar-refractivity contribution in [3.8, 4) is 6.07 Å². The summed E-state index contributed by atoms with van der Waals surface area (Å²) < 4.78 is 0. The first-order valence-corrected chi connectivity index (χ1v) is 3.69. The van der Waals surface area contributed by atoms with Crippen LogP contribution >= 0.6 is 0 Å². The van der Waals surface area contributed by atoms with E-state index >= 15 is 0 Å². The van der Waals surface area contributed by atoms with Gasteiger partial charge in [-0.3, -0.25) is 4.99 Å². The van der Waals surface area contributed by atoms with Gasteiger partial charge in [-0.25, -0.2) is 0 Å². The van der Waals surface area contributed by atoms with Crippen LogP contribution in [0.4, 0.5) is 5.69 Å². The normalized spacial score (nSPS) is 13.8. The molecule has 0 saturated carbocycles. The number of amidine groups is 1. The minimum Gasteiger partial charge on any atom is -0.331 e. The molecule has 1 aliphatic rings. The zero-order valence-electron chi connectivity index (χ0n) is 6.41. The number of nitrogens with one attached hydrogen (secondary N) is 1. The maximum Gasteiger partial charge on any atom is 0.206 e. The number of nitriles is 1. The van der Waals surface area contributed by atoms with Crippen LogP contribution in [0.3, 0.4) is 0 Å². The minimum absolute atomic E-state index is 0.397. The lowest BCUT2D eigenvalue weighted by Gasteiger charge is -2.13. The molecule has 3 nitrogen and oxygen atoms in total. The van der Waals surface area contributed by atoms with Crippen molar-refractivity contribution in [3.05, 3.63) is 29.8 Å². The number of aliphatic imine (C=N–C) groups is 1. The summed E-state index contributed by atoms with van der Waals surface area (Å²) in [5.41, 5.74) is 2.13. The van der Waals surface area contributed by atoms with Crippen molar-refractivity contribution in [2.24, 2.45) is 4.99 Å². The van der Waals surface area contributed by atoms with Gasteiger partial charge in [0.25, 0.3) is 0 Å². The second-order valence-corrected chi connectivity index (χ2v) is 2.56. The Morgan fingerprint density at radius 2 is 2.25 bits per heavy atom. The number of nitrogens with zero attached hydrogens (tertiary/aromatic N) is 2. The molecule has 0 saturated heterocycles. The fourth-order valence-electron chi connectivity index (χ4n) is 1.17. The van der Waals surface area contributed by atoms with Gasteiger partial charge in [-0.05, 0) is 11.6 Å². The number of benzene rings is 1. The average molecular weight is 157 g/mol. The van der Waals surface area contributed by atoms with Crippen molar-refractivity contribution >= 4 is 11.5 Å². The third kappa shape index (κ3) is 1.04. The maximum absolute atomic E-state index is 8.57. The number of hydrogen-bond donors (Lipinski definition) is 1. The van der Waals surface area contributed by atoms with Crippen molar-refractivity contribution in [3.63, 3.8) is 0 Å². The van der Waals surface area contributed by atoms with Gasteiger partial charge in [-0.15, -0.1) is 0 Å². The SMILES string of the molecule is N#CC1=NCc2ccccc2N1. The number of para-hydroxylation sites is 1. The van der Waals surface area contributed by atoms with Crippen molar-refractivity contribution in [1.82, 2.24) is 0 Å². The number of rotatable bonds is 0. The Morgan fingerprint density at radius 1 is 1.42 bits per heavy atom. The van der Waals surface area contributed by atoms with Gasteiger partial charge in [-0.1, -0.05) is 18.2 Å². The topological polar surface area (TPSA) is 48.2 Å². The van der Waals surface area contributed by atoms with Gasteiger partial charge in [0.15, 0.2) is 0 Å². The van der Waals surface area contributed by atoms with Crippen LogP contribution in [0.25, 0.3) is 0 Å². The Bertz CT molecular complexity index is 374. The van der Waals surface area contributed by atoms with Crippen molar-refractivity contribution in [2.45, 2.75) is 6.54 Å². The third-order valence-corrected chi connectivity index (χ3v) is 1.78. The average Bonchev–Trinajstić information content (AvgIpc) is 2.17. The summed E-state index contributed by atoms with van der Waals surface area (Å²) >= 11 is 0. The second kappa shape index (κ2) is 2.67. The highest BCUT2D eigenvalue weighted by molar-refractivity contribution is 6.08. The van der Waals surface area contributed by atoms with E-state index in [1.54, 1.807) is 0 Å². The molecule has 0 aliphatic carbocycles. The molecule has 0 atom stereocenters. The first-order chi connectivity index (χ1) is 5.90. The minimum atomic E-state index is 0.397. The number of fused-ring (bicyclic) bond motifs is 1. The van der Waals surface area contributed by atoms with Gasteiger partial charge in [0.05, 0.1) is 6.54 Å². The summed E-state index contributed by atoms with van der Waals surface area (Å²) in [4.78, 5) is 4.03. The smallest absolute Gasteiger partial charge is 0.206 e. The fourth-order valence-corrected chi connectivity index (χ4v) is 1.17. The number of hydrogen-bond acceptors (Lipinski definition) is 3. The molecule has 0 bridgehead atoms. The molecule has 58 valence electrons. The quantitative estimate of drug-likeness (QED) is 0.620. The molecule has 0 amide bonds. The van der Waals surface area contributed by atoms with Gasteiger partial charge >= 0.3 is 0 Å². The summed E-state index contributed by atoms with van der Waals surface area (Å²) in [6.07, 6.45) is 0. The van der Waals surface area contributed by atoms with Crippen LogP contribution in [0.5, 0.6) is 0 Å². The van der Waals surface area contributed by atoms with Crippen molar-refractivity contribution in [2.75, 3.05) is 5.32 Å². The Balaban J connectivity index is 2.38. The van der Waals surface area contributed by atoms with Gasteiger partial charge in [0, 0.05) is 5.69 Å². The molecule has 2 rings (SSSR count). The van der Waals surface area contributed by atoms with E-state index in [4.69, 9.17) is 5.26 Å². The molecule has 0 fully saturated rings. The first-order valence-electron chi connectivity index (χ1n) is 3.69. The summed E-state index contributed by atoms with van der Waals surface area (Å²) in [7, 11) is 0. The molecule has 0 unspecified atom stereocenters. The molecule has 1 aromatic carbocycles. The zero-order valence-corrected chi connectivity index (χ0v) is 6.41. The molecule has 1 N–H and O–H groups in total. The van der Waals surface area contributed by atoms with E-state index in [0.29, 0.717) is 12.4 Å². The van der Waals surface area contributed by atoms with E-state index in [0.717, 1.165) is 11.3 Å². The lowest BCUT2D eigenvalue weighted by atomic mass is 10.1. The lowest BCUT2D eigenvalue weighted by Crippen LogP contribution is -2.15. The molecule has 1 aromatic rings. The molecule has 0 aromatic heterocycles. The van der Waals surface area contributed by atoms with Crippen LogP contribution in [-0.2, 0) is 6.54 Å². The van der Waals surface area contributed by atoms with E-state index < -0.39 is 0 Å². The highest BCUT2D eigenvalue weighted by Crippen LogP contribution is 2.19. The van der Waals surface area contributed by atoms with Crippen molar-refractivity contribution in [1.29, 1.82) is 5.26 Å². The summed E-state index contributed by atoms with van der Waals surface area (Å²) in [6, 6.07) is 9.83. The van der Waals surface area contributed by atoms with E-state index in [9.17, 15) is 0 Å². The van der Waals surface area contributed by atoms with E-state index in [1.165, 1.54) is 0 Å². The molecular weight excluding hydrogens is 150 g/mol.